The normalized spacial score (nSPS) is 10.5. The van der Waals surface area contributed by atoms with Gasteiger partial charge in [0.25, 0.3) is 5.88 Å². The molecule has 0 saturated heterocycles. The quantitative estimate of drug-likeness (QED) is 0.615. The van der Waals surface area contributed by atoms with Crippen LogP contribution in [0.1, 0.15) is 11.4 Å². The molecule has 7 nitrogen and oxygen atoms in total. The Kier molecular flexibility index (Phi) is 6.23. The van der Waals surface area contributed by atoms with E-state index in [1.54, 1.807) is 36.4 Å². The van der Waals surface area contributed by atoms with E-state index in [0.717, 1.165) is 5.56 Å². The predicted octanol–water partition coefficient (Wildman–Crippen LogP) is 2.96. The number of hydrogen-bond donors (Lipinski definition) is 2. The molecule has 3 N–H and O–H groups in total. The molecule has 0 unspecified atom stereocenters. The van der Waals surface area contributed by atoms with Crippen LogP contribution >= 0.6 is 0 Å². The van der Waals surface area contributed by atoms with Crippen molar-refractivity contribution < 1.29 is 23.7 Å². The number of aliphatic hydroxyl groups is 1. The number of aromatic nitrogens is 2. The molecule has 0 bridgehead atoms. The molecule has 1 aromatic heterocycles. The highest BCUT2D eigenvalue weighted by atomic mass is 19.1. The summed E-state index contributed by atoms with van der Waals surface area (Å²) in [7, 11) is 1.52. The fourth-order valence-corrected chi connectivity index (χ4v) is 2.51. The van der Waals surface area contributed by atoms with E-state index >= 15 is 0 Å². The number of hydrogen-bond acceptors (Lipinski definition) is 7. The Bertz CT molecular complexity index is 935. The van der Waals surface area contributed by atoms with Crippen LogP contribution in [0.4, 0.5) is 10.2 Å². The van der Waals surface area contributed by atoms with Gasteiger partial charge in [-0.2, -0.15) is 4.98 Å². The van der Waals surface area contributed by atoms with Gasteiger partial charge in [-0.1, -0.05) is 24.3 Å². The number of nitrogens with zero attached hydrogens (tertiary/aromatic N) is 2. The molecule has 0 saturated carbocycles. The van der Waals surface area contributed by atoms with Gasteiger partial charge in [-0.3, -0.25) is 0 Å². The fourth-order valence-electron chi connectivity index (χ4n) is 2.51. The van der Waals surface area contributed by atoms with Gasteiger partial charge in [0.1, 0.15) is 18.2 Å². The molecule has 28 heavy (non-hydrogen) atoms. The summed E-state index contributed by atoms with van der Waals surface area (Å²) in [5.41, 5.74) is 6.90. The number of rotatable bonds is 8. The summed E-state index contributed by atoms with van der Waals surface area (Å²) in [6, 6.07) is 13.0. The molecule has 0 aliphatic heterocycles. The fraction of sp³-hybridized carbons (Fsp3) is 0.200. The maximum absolute atomic E-state index is 13.1. The number of nitrogens with two attached hydrogens (primary N) is 1. The number of para-hydroxylation sites is 2. The Morgan fingerprint density at radius 1 is 1.04 bits per heavy atom. The Morgan fingerprint density at radius 2 is 1.75 bits per heavy atom. The Labute approximate surface area is 161 Å². The van der Waals surface area contributed by atoms with E-state index in [9.17, 15) is 4.39 Å². The summed E-state index contributed by atoms with van der Waals surface area (Å²) < 4.78 is 29.7. The van der Waals surface area contributed by atoms with Crippen LogP contribution in [0.3, 0.4) is 0 Å². The molecule has 2 aromatic carbocycles. The monoisotopic (exact) mass is 385 g/mol. The van der Waals surface area contributed by atoms with Crippen molar-refractivity contribution in [3.63, 3.8) is 0 Å². The first-order valence-corrected chi connectivity index (χ1v) is 8.56. The molecule has 3 rings (SSSR count). The van der Waals surface area contributed by atoms with Gasteiger partial charge in [-0.05, 0) is 29.8 Å². The second-order valence-corrected chi connectivity index (χ2v) is 5.79. The van der Waals surface area contributed by atoms with Crippen LogP contribution in [0.25, 0.3) is 0 Å². The minimum Gasteiger partial charge on any atom is -0.493 e. The maximum atomic E-state index is 13.1. The van der Waals surface area contributed by atoms with Gasteiger partial charge in [-0.25, -0.2) is 9.37 Å². The molecule has 3 aromatic rings. The third-order valence-corrected chi connectivity index (χ3v) is 3.79. The summed E-state index contributed by atoms with van der Waals surface area (Å²) in [4.78, 5) is 8.63. The van der Waals surface area contributed by atoms with Crippen molar-refractivity contribution in [2.75, 3.05) is 26.1 Å². The van der Waals surface area contributed by atoms with Gasteiger partial charge in [0.15, 0.2) is 17.3 Å². The van der Waals surface area contributed by atoms with Crippen molar-refractivity contribution in [2.24, 2.45) is 0 Å². The summed E-state index contributed by atoms with van der Waals surface area (Å²) in [6.07, 6.45) is 0.328. The molecule has 0 fully saturated rings. The predicted molar refractivity (Wildman–Crippen MR) is 101 cm³/mol. The molecule has 0 spiro atoms. The number of nitrogen functional groups attached to an aromatic ring is 1. The van der Waals surface area contributed by atoms with Crippen LogP contribution in [-0.4, -0.2) is 35.4 Å². The lowest BCUT2D eigenvalue weighted by molar-refractivity contribution is 0.192. The van der Waals surface area contributed by atoms with E-state index in [1.807, 2.05) is 0 Å². The molecule has 0 amide bonds. The van der Waals surface area contributed by atoms with Crippen LogP contribution in [0.2, 0.25) is 0 Å². The van der Waals surface area contributed by atoms with E-state index in [4.69, 9.17) is 25.1 Å². The minimum absolute atomic E-state index is 0.00866. The third kappa shape index (κ3) is 4.66. The molecule has 146 valence electrons. The highest BCUT2D eigenvalue weighted by Crippen LogP contribution is 2.38. The molecule has 8 heteroatoms. The van der Waals surface area contributed by atoms with E-state index in [0.29, 0.717) is 23.7 Å². The standard InChI is InChI=1S/C20H20FN3O4/c1-26-15-4-2-3-5-16(15)28-18-19(22)23-17(24-20(18)27-11-10-25)12-13-6-8-14(21)9-7-13/h2-9,25H,10-12H2,1H3,(H2,22,23,24). The van der Waals surface area contributed by atoms with Gasteiger partial charge in [0.05, 0.1) is 13.7 Å². The molecule has 0 atom stereocenters. The smallest absolute Gasteiger partial charge is 0.263 e. The molecular formula is C20H20FN3O4. The van der Waals surface area contributed by atoms with Gasteiger partial charge < -0.3 is 25.1 Å². The van der Waals surface area contributed by atoms with E-state index < -0.39 is 0 Å². The van der Waals surface area contributed by atoms with E-state index in [-0.39, 0.29) is 36.5 Å². The van der Waals surface area contributed by atoms with Crippen LogP contribution in [0.5, 0.6) is 23.1 Å². The molecular weight excluding hydrogens is 365 g/mol. The number of methoxy groups -OCH3 is 1. The number of benzene rings is 2. The zero-order valence-electron chi connectivity index (χ0n) is 15.3. The number of aliphatic hydroxyl groups excluding tert-OH is 1. The molecule has 0 aliphatic rings. The molecule has 0 aliphatic carbocycles. The minimum atomic E-state index is -0.322. The van der Waals surface area contributed by atoms with Gasteiger partial charge in [0.2, 0.25) is 5.75 Å². The number of halogens is 1. The lowest BCUT2D eigenvalue weighted by Gasteiger charge is -2.15. The average Bonchev–Trinajstić information content (AvgIpc) is 2.70. The van der Waals surface area contributed by atoms with Crippen molar-refractivity contribution in [1.82, 2.24) is 9.97 Å². The van der Waals surface area contributed by atoms with Crippen molar-refractivity contribution in [2.45, 2.75) is 6.42 Å². The van der Waals surface area contributed by atoms with Crippen LogP contribution in [0, 0.1) is 5.82 Å². The van der Waals surface area contributed by atoms with E-state index in [2.05, 4.69) is 9.97 Å². The first-order valence-electron chi connectivity index (χ1n) is 8.56. The largest absolute Gasteiger partial charge is 0.493 e. The highest BCUT2D eigenvalue weighted by molar-refractivity contribution is 5.56. The van der Waals surface area contributed by atoms with Crippen LogP contribution in [-0.2, 0) is 6.42 Å². The Hall–Kier alpha value is -3.39. The Balaban J connectivity index is 1.93. The van der Waals surface area contributed by atoms with Gasteiger partial charge in [-0.15, -0.1) is 0 Å². The summed E-state index contributed by atoms with van der Waals surface area (Å²) >= 11 is 0. The van der Waals surface area contributed by atoms with Crippen molar-refractivity contribution in [3.8, 4) is 23.1 Å². The second-order valence-electron chi connectivity index (χ2n) is 5.79. The van der Waals surface area contributed by atoms with Crippen molar-refractivity contribution in [3.05, 3.63) is 65.7 Å². The zero-order chi connectivity index (χ0) is 19.9. The van der Waals surface area contributed by atoms with Crippen molar-refractivity contribution >= 4 is 5.82 Å². The third-order valence-electron chi connectivity index (χ3n) is 3.79. The van der Waals surface area contributed by atoms with Crippen LogP contribution in [0.15, 0.2) is 48.5 Å². The number of ether oxygens (including phenoxy) is 3. The summed E-state index contributed by atoms with van der Waals surface area (Å²) in [6.45, 7) is -0.194. The van der Waals surface area contributed by atoms with Crippen molar-refractivity contribution in [1.29, 1.82) is 0 Å². The molecule has 0 radical (unpaired) electrons. The SMILES string of the molecule is COc1ccccc1Oc1c(N)nc(Cc2ccc(F)cc2)nc1OCCO. The highest BCUT2D eigenvalue weighted by Gasteiger charge is 2.18. The maximum Gasteiger partial charge on any atom is 0.263 e. The topological polar surface area (TPSA) is 99.7 Å². The first kappa shape index (κ1) is 19.4. The van der Waals surface area contributed by atoms with Gasteiger partial charge >= 0.3 is 0 Å². The van der Waals surface area contributed by atoms with E-state index in [1.165, 1.54) is 19.2 Å². The lowest BCUT2D eigenvalue weighted by Crippen LogP contribution is -2.10. The average molecular weight is 385 g/mol. The lowest BCUT2D eigenvalue weighted by atomic mass is 10.1. The number of anilines is 1. The second kappa shape index (κ2) is 9.01. The van der Waals surface area contributed by atoms with Crippen LogP contribution < -0.4 is 19.9 Å². The first-order chi connectivity index (χ1) is 13.6. The zero-order valence-corrected chi connectivity index (χ0v) is 15.3. The summed E-state index contributed by atoms with van der Waals surface area (Å²) in [5, 5.41) is 9.09. The summed E-state index contributed by atoms with van der Waals surface area (Å²) in [5.74, 6) is 1.28. The molecule has 1 heterocycles. The van der Waals surface area contributed by atoms with Gasteiger partial charge in [0, 0.05) is 6.42 Å². The Morgan fingerprint density at radius 3 is 2.43 bits per heavy atom.